The van der Waals surface area contributed by atoms with Gasteiger partial charge in [-0.1, -0.05) is 0 Å². The van der Waals surface area contributed by atoms with Crippen LogP contribution in [0.5, 0.6) is 0 Å². The largest absolute Gasteiger partial charge is 0.465 e. The van der Waals surface area contributed by atoms with E-state index in [0.717, 1.165) is 0 Å². The molecule has 1 saturated carbocycles. The molecule has 0 unspecified atom stereocenters. The number of esters is 1. The highest BCUT2D eigenvalue weighted by Crippen LogP contribution is 2.30. The van der Waals surface area contributed by atoms with Crippen LogP contribution in [0.3, 0.4) is 0 Å². The SMILES string of the molecule is COC(=O)c1cccn([C@H]2C[C@@H](O)C2)c1=O. The fraction of sp³-hybridized carbons (Fsp3) is 0.455. The van der Waals surface area contributed by atoms with Crippen molar-refractivity contribution in [3.8, 4) is 0 Å². The molecule has 1 aromatic heterocycles. The first kappa shape index (κ1) is 10.9. The molecule has 16 heavy (non-hydrogen) atoms. The van der Waals surface area contributed by atoms with Crippen LogP contribution in [0.1, 0.15) is 29.2 Å². The number of hydrogen-bond acceptors (Lipinski definition) is 4. The summed E-state index contributed by atoms with van der Waals surface area (Å²) in [7, 11) is 1.24. The quantitative estimate of drug-likeness (QED) is 0.734. The summed E-state index contributed by atoms with van der Waals surface area (Å²) in [6.45, 7) is 0. The second-order valence-corrected chi connectivity index (χ2v) is 3.90. The van der Waals surface area contributed by atoms with Gasteiger partial charge in [-0.15, -0.1) is 0 Å². The predicted molar refractivity (Wildman–Crippen MR) is 56.3 cm³/mol. The molecule has 0 aliphatic heterocycles. The van der Waals surface area contributed by atoms with Gasteiger partial charge in [0.2, 0.25) is 0 Å². The summed E-state index contributed by atoms with van der Waals surface area (Å²) in [5.74, 6) is -0.626. The predicted octanol–water partition coefficient (Wildman–Crippen LogP) is 0.331. The molecular weight excluding hydrogens is 210 g/mol. The zero-order valence-electron chi connectivity index (χ0n) is 8.92. The van der Waals surface area contributed by atoms with Crippen molar-refractivity contribution < 1.29 is 14.6 Å². The monoisotopic (exact) mass is 223 g/mol. The maximum absolute atomic E-state index is 11.9. The third-order valence-electron chi connectivity index (χ3n) is 2.86. The highest BCUT2D eigenvalue weighted by Gasteiger charge is 2.30. The van der Waals surface area contributed by atoms with Gasteiger partial charge < -0.3 is 14.4 Å². The van der Waals surface area contributed by atoms with Gasteiger partial charge in [0.15, 0.2) is 0 Å². The molecule has 0 saturated heterocycles. The number of hydrogen-bond donors (Lipinski definition) is 1. The molecule has 5 heteroatoms. The third-order valence-corrected chi connectivity index (χ3v) is 2.86. The van der Waals surface area contributed by atoms with Gasteiger partial charge in [-0.25, -0.2) is 4.79 Å². The van der Waals surface area contributed by atoms with Crippen LogP contribution in [-0.2, 0) is 4.74 Å². The zero-order valence-corrected chi connectivity index (χ0v) is 8.92. The van der Waals surface area contributed by atoms with E-state index in [0.29, 0.717) is 12.8 Å². The number of aliphatic hydroxyl groups is 1. The van der Waals surface area contributed by atoms with Crippen molar-refractivity contribution in [3.05, 3.63) is 34.2 Å². The van der Waals surface area contributed by atoms with Gasteiger partial charge in [0.05, 0.1) is 13.2 Å². The van der Waals surface area contributed by atoms with Crippen molar-refractivity contribution in [2.45, 2.75) is 25.0 Å². The lowest BCUT2D eigenvalue weighted by Gasteiger charge is -2.32. The molecule has 2 rings (SSSR count). The molecule has 0 spiro atoms. The number of methoxy groups -OCH3 is 1. The molecule has 5 nitrogen and oxygen atoms in total. The first-order valence-electron chi connectivity index (χ1n) is 5.11. The number of nitrogens with zero attached hydrogens (tertiary/aromatic N) is 1. The van der Waals surface area contributed by atoms with E-state index >= 15 is 0 Å². The van der Waals surface area contributed by atoms with Crippen LogP contribution >= 0.6 is 0 Å². The van der Waals surface area contributed by atoms with Crippen molar-refractivity contribution in [2.24, 2.45) is 0 Å². The van der Waals surface area contributed by atoms with Gasteiger partial charge in [-0.3, -0.25) is 4.79 Å². The standard InChI is InChI=1S/C11H13NO4/c1-16-11(15)9-3-2-4-12(10(9)14)7-5-8(13)6-7/h2-4,7-8,13H,5-6H2,1H3/t7-,8+. The van der Waals surface area contributed by atoms with Crippen molar-refractivity contribution >= 4 is 5.97 Å². The Labute approximate surface area is 92.3 Å². The molecule has 1 N–H and O–H groups in total. The van der Waals surface area contributed by atoms with Crippen LogP contribution in [0.25, 0.3) is 0 Å². The molecule has 86 valence electrons. The van der Waals surface area contributed by atoms with E-state index in [-0.39, 0.29) is 23.3 Å². The van der Waals surface area contributed by atoms with Crippen molar-refractivity contribution in [1.29, 1.82) is 0 Å². The minimum absolute atomic E-state index is 0.00731. The van der Waals surface area contributed by atoms with Gasteiger partial charge >= 0.3 is 5.97 Å². The van der Waals surface area contributed by atoms with Crippen LogP contribution in [0.15, 0.2) is 23.1 Å². The molecule has 0 bridgehead atoms. The number of rotatable bonds is 2. The Bertz CT molecular complexity index is 459. The maximum Gasteiger partial charge on any atom is 0.343 e. The highest BCUT2D eigenvalue weighted by molar-refractivity contribution is 5.88. The van der Waals surface area contributed by atoms with E-state index in [1.54, 1.807) is 12.3 Å². The van der Waals surface area contributed by atoms with Crippen LogP contribution in [0, 0.1) is 0 Å². The topological polar surface area (TPSA) is 68.5 Å². The van der Waals surface area contributed by atoms with Crippen LogP contribution in [0.4, 0.5) is 0 Å². The molecule has 0 amide bonds. The number of ether oxygens (including phenoxy) is 1. The smallest absolute Gasteiger partial charge is 0.343 e. The molecule has 1 fully saturated rings. The second kappa shape index (κ2) is 4.09. The molecule has 0 radical (unpaired) electrons. The van der Waals surface area contributed by atoms with Crippen molar-refractivity contribution in [1.82, 2.24) is 4.57 Å². The third kappa shape index (κ3) is 1.74. The van der Waals surface area contributed by atoms with Gasteiger partial charge in [0.1, 0.15) is 5.56 Å². The maximum atomic E-state index is 11.9. The van der Waals surface area contributed by atoms with Crippen LogP contribution in [-0.4, -0.2) is 28.9 Å². The Balaban J connectivity index is 2.34. The van der Waals surface area contributed by atoms with E-state index < -0.39 is 5.97 Å². The normalized spacial score (nSPS) is 23.6. The summed E-state index contributed by atoms with van der Waals surface area (Å²) in [5, 5.41) is 9.19. The van der Waals surface area contributed by atoms with Gasteiger partial charge in [0.25, 0.3) is 5.56 Å². The van der Waals surface area contributed by atoms with Gasteiger partial charge in [-0.05, 0) is 25.0 Å². The summed E-state index contributed by atoms with van der Waals surface area (Å²) in [4.78, 5) is 23.2. The number of carbonyl (C=O) groups excluding carboxylic acids is 1. The van der Waals surface area contributed by atoms with Crippen LogP contribution in [0.2, 0.25) is 0 Å². The summed E-state index contributed by atoms with van der Waals surface area (Å²) in [6.07, 6.45) is 2.42. The van der Waals surface area contributed by atoms with Gasteiger partial charge in [0, 0.05) is 12.2 Å². The average molecular weight is 223 g/mol. The molecule has 1 aliphatic carbocycles. The average Bonchev–Trinajstić information content (AvgIpc) is 2.25. The zero-order chi connectivity index (χ0) is 11.7. The second-order valence-electron chi connectivity index (χ2n) is 3.90. The minimum atomic E-state index is -0.626. The van der Waals surface area contributed by atoms with E-state index in [1.165, 1.54) is 17.7 Å². The summed E-state index contributed by atoms with van der Waals surface area (Å²) >= 11 is 0. The van der Waals surface area contributed by atoms with E-state index in [4.69, 9.17) is 0 Å². The number of pyridine rings is 1. The molecule has 1 aliphatic rings. The lowest BCUT2D eigenvalue weighted by atomic mass is 9.89. The Morgan fingerprint density at radius 1 is 1.56 bits per heavy atom. The van der Waals surface area contributed by atoms with Crippen LogP contribution < -0.4 is 5.56 Å². The van der Waals surface area contributed by atoms with E-state index in [9.17, 15) is 14.7 Å². The fourth-order valence-corrected chi connectivity index (χ4v) is 1.85. The highest BCUT2D eigenvalue weighted by atomic mass is 16.5. The van der Waals surface area contributed by atoms with E-state index in [2.05, 4.69) is 4.74 Å². The van der Waals surface area contributed by atoms with E-state index in [1.807, 2.05) is 0 Å². The minimum Gasteiger partial charge on any atom is -0.465 e. The Morgan fingerprint density at radius 3 is 2.81 bits per heavy atom. The Morgan fingerprint density at radius 2 is 2.25 bits per heavy atom. The summed E-state index contributed by atoms with van der Waals surface area (Å²) in [5.41, 5.74) is -0.322. The fourth-order valence-electron chi connectivity index (χ4n) is 1.85. The first-order valence-corrected chi connectivity index (χ1v) is 5.11. The molecule has 1 heterocycles. The number of carbonyl (C=O) groups is 1. The Hall–Kier alpha value is -1.62. The number of aliphatic hydroxyl groups excluding tert-OH is 1. The summed E-state index contributed by atoms with van der Waals surface area (Å²) in [6, 6.07) is 3.07. The number of aromatic nitrogens is 1. The molecule has 0 aromatic carbocycles. The Kier molecular flexibility index (Phi) is 2.78. The van der Waals surface area contributed by atoms with Crippen molar-refractivity contribution in [2.75, 3.05) is 7.11 Å². The molecule has 1 aromatic rings. The first-order chi connectivity index (χ1) is 7.63. The molecular formula is C11H13NO4. The lowest BCUT2D eigenvalue weighted by Crippen LogP contribution is -2.38. The van der Waals surface area contributed by atoms with Crippen molar-refractivity contribution in [3.63, 3.8) is 0 Å². The summed E-state index contributed by atoms with van der Waals surface area (Å²) < 4.78 is 6.01. The lowest BCUT2D eigenvalue weighted by molar-refractivity contribution is 0.0465. The molecule has 0 atom stereocenters. The van der Waals surface area contributed by atoms with Gasteiger partial charge in [-0.2, -0.15) is 0 Å².